The third-order valence-corrected chi connectivity index (χ3v) is 2.47. The van der Waals surface area contributed by atoms with E-state index in [1.165, 1.54) is 7.05 Å². The van der Waals surface area contributed by atoms with Gasteiger partial charge in [-0.25, -0.2) is 4.39 Å². The molecule has 0 fully saturated rings. The van der Waals surface area contributed by atoms with E-state index in [0.29, 0.717) is 6.07 Å². The first kappa shape index (κ1) is 14.8. The molecule has 0 spiro atoms. The van der Waals surface area contributed by atoms with Gasteiger partial charge in [0.25, 0.3) is 0 Å². The van der Waals surface area contributed by atoms with Gasteiger partial charge in [-0.3, -0.25) is 4.79 Å². The van der Waals surface area contributed by atoms with Crippen LogP contribution in [0.15, 0.2) is 18.2 Å². The molecule has 1 aromatic rings. The zero-order chi connectivity index (χ0) is 13.9. The van der Waals surface area contributed by atoms with Crippen LogP contribution < -0.4 is 0 Å². The van der Waals surface area contributed by atoms with Gasteiger partial charge in [0.2, 0.25) is 5.91 Å². The maximum atomic E-state index is 13.1. The lowest BCUT2D eigenvalue weighted by Crippen LogP contribution is -2.27. The second-order valence-corrected chi connectivity index (χ2v) is 4.00. The lowest BCUT2D eigenvalue weighted by Gasteiger charge is -2.17. The lowest BCUT2D eigenvalue weighted by atomic mass is 10.1. The zero-order valence-corrected chi connectivity index (χ0v) is 10.1. The van der Waals surface area contributed by atoms with Gasteiger partial charge in [0.05, 0.1) is 5.56 Å². The number of hydrogen-bond donors (Lipinski definition) is 0. The zero-order valence-electron chi connectivity index (χ0n) is 9.39. The molecule has 1 rings (SSSR count). The van der Waals surface area contributed by atoms with Gasteiger partial charge in [-0.1, -0.05) is 0 Å². The Morgan fingerprint density at radius 2 is 1.94 bits per heavy atom. The summed E-state index contributed by atoms with van der Waals surface area (Å²) in [7, 11) is 1.38. The summed E-state index contributed by atoms with van der Waals surface area (Å²) in [6, 6.07) is 2.17. The molecule has 0 saturated heterocycles. The van der Waals surface area contributed by atoms with Crippen molar-refractivity contribution in [3.05, 3.63) is 35.1 Å². The number of carbonyl (C=O) groups is 1. The minimum Gasteiger partial charge on any atom is -0.340 e. The van der Waals surface area contributed by atoms with Gasteiger partial charge in [-0.05, 0) is 23.8 Å². The van der Waals surface area contributed by atoms with E-state index in [0.717, 1.165) is 17.0 Å². The van der Waals surface area contributed by atoms with Gasteiger partial charge in [-0.15, -0.1) is 11.6 Å². The lowest BCUT2D eigenvalue weighted by molar-refractivity contribution is -0.137. The molecule has 0 N–H and O–H groups in total. The standard InChI is InChI=1S/C11H10ClF4NO/c1-17(10(18)5-12)6-7-2-8(11(14,15)16)4-9(13)3-7/h2-4H,5-6H2,1H3. The molecule has 1 amide bonds. The Morgan fingerprint density at radius 3 is 2.44 bits per heavy atom. The predicted octanol–water partition coefficient (Wildman–Crippen LogP) is 3.04. The normalized spacial score (nSPS) is 11.4. The largest absolute Gasteiger partial charge is 0.416 e. The molecular formula is C11H10ClF4NO. The molecule has 2 nitrogen and oxygen atoms in total. The van der Waals surface area contributed by atoms with Gasteiger partial charge in [0, 0.05) is 13.6 Å². The fourth-order valence-corrected chi connectivity index (χ4v) is 1.57. The van der Waals surface area contributed by atoms with E-state index >= 15 is 0 Å². The topological polar surface area (TPSA) is 20.3 Å². The highest BCUT2D eigenvalue weighted by Crippen LogP contribution is 2.30. The summed E-state index contributed by atoms with van der Waals surface area (Å²) in [4.78, 5) is 12.3. The first-order valence-electron chi connectivity index (χ1n) is 4.90. The monoisotopic (exact) mass is 283 g/mol. The summed E-state index contributed by atoms with van der Waals surface area (Å²) in [6.45, 7) is -0.133. The summed E-state index contributed by atoms with van der Waals surface area (Å²) < 4.78 is 50.4. The van der Waals surface area contributed by atoms with E-state index in [1.54, 1.807) is 0 Å². The van der Waals surface area contributed by atoms with E-state index in [2.05, 4.69) is 0 Å². The highest BCUT2D eigenvalue weighted by atomic mass is 35.5. The molecule has 0 aromatic heterocycles. The Hall–Kier alpha value is -1.30. The molecule has 0 heterocycles. The van der Waals surface area contributed by atoms with E-state index in [4.69, 9.17) is 11.6 Å². The van der Waals surface area contributed by atoms with Crippen LogP contribution in [0, 0.1) is 5.82 Å². The van der Waals surface area contributed by atoms with Gasteiger partial charge in [0.15, 0.2) is 0 Å². The van der Waals surface area contributed by atoms with E-state index in [1.807, 2.05) is 0 Å². The molecule has 0 bridgehead atoms. The van der Waals surface area contributed by atoms with Crippen LogP contribution in [-0.2, 0) is 17.5 Å². The molecule has 0 aliphatic carbocycles. The Balaban J connectivity index is 2.97. The maximum Gasteiger partial charge on any atom is 0.416 e. The van der Waals surface area contributed by atoms with Gasteiger partial charge < -0.3 is 4.90 Å². The number of amides is 1. The fraction of sp³-hybridized carbons (Fsp3) is 0.364. The van der Waals surface area contributed by atoms with Crippen molar-refractivity contribution < 1.29 is 22.4 Å². The van der Waals surface area contributed by atoms with E-state index < -0.39 is 23.5 Å². The molecule has 0 aliphatic heterocycles. The van der Waals surface area contributed by atoms with Gasteiger partial charge >= 0.3 is 6.18 Å². The minimum atomic E-state index is -4.62. The van der Waals surface area contributed by atoms with Crippen molar-refractivity contribution in [3.63, 3.8) is 0 Å². The predicted molar refractivity (Wildman–Crippen MR) is 58.6 cm³/mol. The molecule has 0 radical (unpaired) electrons. The van der Waals surface area contributed by atoms with Crippen molar-refractivity contribution in [1.82, 2.24) is 4.90 Å². The number of benzene rings is 1. The number of carbonyl (C=O) groups excluding carboxylic acids is 1. The summed E-state index contributed by atoms with van der Waals surface area (Å²) >= 11 is 5.30. The maximum absolute atomic E-state index is 13.1. The van der Waals surface area contributed by atoms with Crippen molar-refractivity contribution in [2.45, 2.75) is 12.7 Å². The van der Waals surface area contributed by atoms with Crippen molar-refractivity contribution >= 4 is 17.5 Å². The molecule has 0 atom stereocenters. The Bertz CT molecular complexity index is 447. The average molecular weight is 284 g/mol. The highest BCUT2D eigenvalue weighted by Gasteiger charge is 2.31. The SMILES string of the molecule is CN(Cc1cc(F)cc(C(F)(F)F)c1)C(=O)CCl. The van der Waals surface area contributed by atoms with Crippen molar-refractivity contribution in [2.24, 2.45) is 0 Å². The van der Waals surface area contributed by atoms with Gasteiger partial charge in [-0.2, -0.15) is 13.2 Å². The number of hydrogen-bond acceptors (Lipinski definition) is 1. The van der Waals surface area contributed by atoms with E-state index in [-0.39, 0.29) is 18.0 Å². The Morgan fingerprint density at radius 1 is 1.33 bits per heavy atom. The number of halogens is 5. The molecular weight excluding hydrogens is 274 g/mol. The molecule has 0 unspecified atom stereocenters. The van der Waals surface area contributed by atoms with Crippen LogP contribution in [0.25, 0.3) is 0 Å². The first-order valence-corrected chi connectivity index (χ1v) is 5.44. The summed E-state index contributed by atoms with van der Waals surface area (Å²) in [6.07, 6.45) is -4.62. The van der Waals surface area contributed by atoms with Crippen LogP contribution in [0.1, 0.15) is 11.1 Å². The minimum absolute atomic E-state index is 0.0586. The molecule has 7 heteroatoms. The quantitative estimate of drug-likeness (QED) is 0.617. The Labute approximate surface area is 106 Å². The smallest absolute Gasteiger partial charge is 0.340 e. The molecule has 0 aliphatic rings. The summed E-state index contributed by atoms with van der Waals surface area (Å²) in [5.41, 5.74) is -1.02. The van der Waals surface area contributed by atoms with Crippen LogP contribution in [0.5, 0.6) is 0 Å². The average Bonchev–Trinajstić information content (AvgIpc) is 2.25. The third kappa shape index (κ3) is 3.87. The van der Waals surface area contributed by atoms with Crippen LogP contribution in [0.4, 0.5) is 17.6 Å². The molecule has 1 aromatic carbocycles. The van der Waals surface area contributed by atoms with Crippen molar-refractivity contribution in [1.29, 1.82) is 0 Å². The number of rotatable bonds is 3. The highest BCUT2D eigenvalue weighted by molar-refractivity contribution is 6.27. The second-order valence-electron chi connectivity index (χ2n) is 3.73. The van der Waals surface area contributed by atoms with Crippen molar-refractivity contribution in [3.8, 4) is 0 Å². The van der Waals surface area contributed by atoms with Crippen molar-refractivity contribution in [2.75, 3.05) is 12.9 Å². The van der Waals surface area contributed by atoms with Crippen LogP contribution in [-0.4, -0.2) is 23.7 Å². The molecule has 100 valence electrons. The first-order chi connectivity index (χ1) is 8.24. The molecule has 0 saturated carbocycles. The fourth-order valence-electron chi connectivity index (χ4n) is 1.37. The third-order valence-electron chi connectivity index (χ3n) is 2.24. The van der Waals surface area contributed by atoms with Crippen LogP contribution in [0.2, 0.25) is 0 Å². The number of alkyl halides is 4. The summed E-state index contributed by atoms with van der Waals surface area (Å²) in [5.74, 6) is -1.72. The van der Waals surface area contributed by atoms with E-state index in [9.17, 15) is 22.4 Å². The summed E-state index contributed by atoms with van der Waals surface area (Å²) in [5, 5.41) is 0. The Kier molecular flexibility index (Phi) is 4.56. The van der Waals surface area contributed by atoms with Crippen LogP contribution >= 0.6 is 11.6 Å². The van der Waals surface area contributed by atoms with Gasteiger partial charge in [0.1, 0.15) is 11.7 Å². The number of nitrogens with zero attached hydrogens (tertiary/aromatic N) is 1. The molecule has 18 heavy (non-hydrogen) atoms. The van der Waals surface area contributed by atoms with Crippen LogP contribution in [0.3, 0.4) is 0 Å². The second kappa shape index (κ2) is 5.56.